The average molecular weight is 283 g/mol. The van der Waals surface area contributed by atoms with Crippen molar-refractivity contribution in [1.29, 1.82) is 0 Å². The molecule has 0 saturated carbocycles. The number of rotatable bonds is 5. The van der Waals surface area contributed by atoms with Crippen LogP contribution >= 0.6 is 0 Å². The monoisotopic (exact) mass is 283 g/mol. The molecule has 0 aliphatic carbocycles. The zero-order valence-electron chi connectivity index (χ0n) is 9.24. The highest BCUT2D eigenvalue weighted by Crippen LogP contribution is 2.20. The van der Waals surface area contributed by atoms with Gasteiger partial charge in [-0.05, 0) is 18.6 Å². The van der Waals surface area contributed by atoms with Gasteiger partial charge in [0.15, 0.2) is 0 Å². The molecule has 102 valence electrons. The molecule has 3 N–H and O–H groups in total. The van der Waals surface area contributed by atoms with E-state index in [1.54, 1.807) is 0 Å². The molecule has 0 atom stereocenters. The summed E-state index contributed by atoms with van der Waals surface area (Å²) in [6.45, 7) is -0.285. The Balaban J connectivity index is 2.53. The Morgan fingerprint density at radius 2 is 2.00 bits per heavy atom. The Hall–Kier alpha value is -1.35. The quantitative estimate of drug-likeness (QED) is 0.797. The van der Waals surface area contributed by atoms with Crippen molar-refractivity contribution in [3.8, 4) is 0 Å². The molecule has 0 bridgehead atoms. The Bertz CT molecular complexity index is 485. The van der Waals surface area contributed by atoms with E-state index < -0.39 is 22.6 Å². The molecule has 0 radical (unpaired) electrons. The Morgan fingerprint density at radius 1 is 1.33 bits per heavy atom. The second-order valence-electron chi connectivity index (χ2n) is 3.54. The maximum atomic E-state index is 11.8. The molecule has 18 heavy (non-hydrogen) atoms. The maximum absolute atomic E-state index is 11.8. The molecule has 1 heterocycles. The van der Waals surface area contributed by atoms with Gasteiger partial charge in [0.05, 0.1) is 0 Å². The predicted molar refractivity (Wildman–Crippen MR) is 59.1 cm³/mol. The largest absolute Gasteiger partial charge is 0.389 e. The first-order valence-electron chi connectivity index (χ1n) is 4.99. The van der Waals surface area contributed by atoms with Crippen molar-refractivity contribution in [3.05, 3.63) is 18.3 Å². The SMILES string of the molecule is Nc1ccc(S(=O)(=O)NCCCC(F)(F)F)cn1. The fraction of sp³-hybridized carbons (Fsp3) is 0.444. The summed E-state index contributed by atoms with van der Waals surface area (Å²) in [5.41, 5.74) is 5.29. The Labute approximate surface area is 102 Å². The van der Waals surface area contributed by atoms with Crippen molar-refractivity contribution in [3.63, 3.8) is 0 Å². The van der Waals surface area contributed by atoms with E-state index in [1.807, 2.05) is 0 Å². The minimum Gasteiger partial charge on any atom is -0.384 e. The number of pyridine rings is 1. The molecule has 0 spiro atoms. The van der Waals surface area contributed by atoms with Crippen molar-refractivity contribution >= 4 is 15.8 Å². The molecule has 0 saturated heterocycles. The third-order valence-electron chi connectivity index (χ3n) is 2.00. The van der Waals surface area contributed by atoms with Crippen LogP contribution in [-0.4, -0.2) is 26.1 Å². The van der Waals surface area contributed by atoms with Gasteiger partial charge in [-0.3, -0.25) is 0 Å². The first-order valence-corrected chi connectivity index (χ1v) is 6.47. The number of anilines is 1. The molecule has 0 amide bonds. The Kier molecular flexibility index (Phi) is 4.52. The first kappa shape index (κ1) is 14.7. The van der Waals surface area contributed by atoms with E-state index in [2.05, 4.69) is 9.71 Å². The molecular formula is C9H12F3N3O2S. The van der Waals surface area contributed by atoms with Gasteiger partial charge in [0.1, 0.15) is 10.7 Å². The molecular weight excluding hydrogens is 271 g/mol. The van der Waals surface area contributed by atoms with E-state index in [0.29, 0.717) is 0 Å². The molecule has 1 aromatic heterocycles. The number of nitrogens with two attached hydrogens (primary N) is 1. The minimum atomic E-state index is -4.28. The number of nitrogen functional groups attached to an aromatic ring is 1. The van der Waals surface area contributed by atoms with E-state index in [9.17, 15) is 21.6 Å². The molecule has 1 rings (SSSR count). The highest BCUT2D eigenvalue weighted by Gasteiger charge is 2.26. The van der Waals surface area contributed by atoms with Crippen molar-refractivity contribution in [2.24, 2.45) is 0 Å². The van der Waals surface area contributed by atoms with Gasteiger partial charge < -0.3 is 5.73 Å². The van der Waals surface area contributed by atoms with Gasteiger partial charge >= 0.3 is 6.18 Å². The second kappa shape index (κ2) is 5.53. The molecule has 0 aliphatic rings. The lowest BCUT2D eigenvalue weighted by Gasteiger charge is -2.08. The van der Waals surface area contributed by atoms with Crippen LogP contribution in [0.25, 0.3) is 0 Å². The van der Waals surface area contributed by atoms with Crippen LogP contribution in [0.3, 0.4) is 0 Å². The van der Waals surface area contributed by atoms with E-state index in [1.165, 1.54) is 12.1 Å². The summed E-state index contributed by atoms with van der Waals surface area (Å²) in [6, 6.07) is 2.53. The lowest BCUT2D eigenvalue weighted by molar-refractivity contribution is -0.135. The zero-order valence-corrected chi connectivity index (χ0v) is 10.1. The third kappa shape index (κ3) is 4.88. The van der Waals surface area contributed by atoms with Gasteiger partial charge in [0, 0.05) is 19.2 Å². The van der Waals surface area contributed by atoms with Gasteiger partial charge in [0.25, 0.3) is 0 Å². The summed E-state index contributed by atoms with van der Waals surface area (Å²) in [5.74, 6) is 0.158. The van der Waals surface area contributed by atoms with Crippen LogP contribution in [0.4, 0.5) is 19.0 Å². The summed E-state index contributed by atoms with van der Waals surface area (Å²) in [6.07, 6.45) is -4.59. The molecule has 0 fully saturated rings. The van der Waals surface area contributed by atoms with Gasteiger partial charge in [-0.25, -0.2) is 18.1 Å². The van der Waals surface area contributed by atoms with Crippen LogP contribution in [0, 0.1) is 0 Å². The predicted octanol–water partition coefficient (Wildman–Crippen LogP) is 1.28. The van der Waals surface area contributed by atoms with Crippen molar-refractivity contribution in [1.82, 2.24) is 9.71 Å². The highest BCUT2D eigenvalue weighted by atomic mass is 32.2. The van der Waals surface area contributed by atoms with E-state index >= 15 is 0 Å². The topological polar surface area (TPSA) is 85.1 Å². The molecule has 5 nitrogen and oxygen atoms in total. The zero-order chi connectivity index (χ0) is 13.8. The smallest absolute Gasteiger partial charge is 0.384 e. The van der Waals surface area contributed by atoms with Gasteiger partial charge in [-0.2, -0.15) is 13.2 Å². The number of halogens is 3. The van der Waals surface area contributed by atoms with Crippen LogP contribution in [0.2, 0.25) is 0 Å². The highest BCUT2D eigenvalue weighted by molar-refractivity contribution is 7.89. The van der Waals surface area contributed by atoms with Gasteiger partial charge in [0.2, 0.25) is 10.0 Å². The van der Waals surface area contributed by atoms with Crippen molar-refractivity contribution < 1.29 is 21.6 Å². The minimum absolute atomic E-state index is 0.135. The lowest BCUT2D eigenvalue weighted by Crippen LogP contribution is -2.26. The van der Waals surface area contributed by atoms with Crippen molar-refractivity contribution in [2.45, 2.75) is 23.9 Å². The van der Waals surface area contributed by atoms with Crippen LogP contribution in [0.1, 0.15) is 12.8 Å². The van der Waals surface area contributed by atoms with E-state index in [0.717, 1.165) is 6.20 Å². The molecule has 0 aromatic carbocycles. The average Bonchev–Trinajstić information content (AvgIpc) is 2.24. The lowest BCUT2D eigenvalue weighted by atomic mass is 10.3. The summed E-state index contributed by atoms with van der Waals surface area (Å²) >= 11 is 0. The fourth-order valence-corrected chi connectivity index (χ4v) is 2.15. The van der Waals surface area contributed by atoms with Crippen LogP contribution in [0.5, 0.6) is 0 Å². The fourth-order valence-electron chi connectivity index (χ4n) is 1.13. The normalized spacial score (nSPS) is 12.6. The summed E-state index contributed by atoms with van der Waals surface area (Å²) in [5, 5.41) is 0. The van der Waals surface area contributed by atoms with Gasteiger partial charge in [-0.15, -0.1) is 0 Å². The third-order valence-corrected chi connectivity index (χ3v) is 3.44. The number of nitrogens with zero attached hydrogens (tertiary/aromatic N) is 1. The van der Waals surface area contributed by atoms with Crippen LogP contribution in [0.15, 0.2) is 23.2 Å². The van der Waals surface area contributed by atoms with E-state index in [-0.39, 0.29) is 23.7 Å². The standard InChI is InChI=1S/C9H12F3N3O2S/c10-9(11,12)4-1-5-15-18(16,17)7-2-3-8(13)14-6-7/h2-3,6,15H,1,4-5H2,(H2,13,14). The van der Waals surface area contributed by atoms with Gasteiger partial charge in [-0.1, -0.05) is 0 Å². The Morgan fingerprint density at radius 3 is 2.50 bits per heavy atom. The molecule has 9 heteroatoms. The number of alkyl halides is 3. The summed E-state index contributed by atoms with van der Waals surface area (Å²) in [7, 11) is -3.83. The molecule has 0 unspecified atom stereocenters. The number of aromatic nitrogens is 1. The first-order chi connectivity index (χ1) is 8.21. The van der Waals surface area contributed by atoms with Crippen LogP contribution in [-0.2, 0) is 10.0 Å². The van der Waals surface area contributed by atoms with Crippen LogP contribution < -0.4 is 10.5 Å². The maximum Gasteiger partial charge on any atom is 0.389 e. The number of hydrogen-bond acceptors (Lipinski definition) is 4. The number of hydrogen-bond donors (Lipinski definition) is 2. The molecule has 1 aromatic rings. The summed E-state index contributed by atoms with van der Waals surface area (Å²) < 4.78 is 60.8. The van der Waals surface area contributed by atoms with Crippen molar-refractivity contribution in [2.75, 3.05) is 12.3 Å². The van der Waals surface area contributed by atoms with E-state index in [4.69, 9.17) is 5.73 Å². The summed E-state index contributed by atoms with van der Waals surface area (Å²) in [4.78, 5) is 3.46. The molecule has 0 aliphatic heterocycles. The number of sulfonamides is 1. The number of nitrogens with one attached hydrogen (secondary N) is 1. The second-order valence-corrected chi connectivity index (χ2v) is 5.30.